The third-order valence-corrected chi connectivity index (χ3v) is 11.2. The minimum absolute atomic E-state index is 0.460. The number of nitrogens with zero attached hydrogens (tertiary/aromatic N) is 1. The van der Waals surface area contributed by atoms with Crippen LogP contribution in [0.1, 0.15) is 76.1 Å². The van der Waals surface area contributed by atoms with Crippen LogP contribution < -0.4 is 0 Å². The van der Waals surface area contributed by atoms with Crippen molar-refractivity contribution in [3.63, 3.8) is 0 Å². The second kappa shape index (κ2) is 14.2. The summed E-state index contributed by atoms with van der Waals surface area (Å²) in [5, 5.41) is 0. The van der Waals surface area contributed by atoms with Crippen molar-refractivity contribution in [1.29, 1.82) is 0 Å². The fourth-order valence-electron chi connectivity index (χ4n) is 8.86. The van der Waals surface area contributed by atoms with Crippen molar-refractivity contribution in [3.8, 4) is 0 Å². The van der Waals surface area contributed by atoms with Crippen LogP contribution in [0.15, 0.2) is 133 Å². The van der Waals surface area contributed by atoms with Crippen LogP contribution in [-0.4, -0.2) is 4.98 Å². The standard InChI is InChI=1S/C44H51N/c1-6-8-15-38-32(5)43(40-16-9-10-17-41(40)44(38)35-23-21-30(3)22-24-35)37-19-13-18-36(31(37)4)39(14-7-2)33-25-27-34(28-26-33)42-20-11-12-29-45-42/h7-8,10-13,15,17,19-25,27-29,31-33,36-37,39,43H,2,6,9,14,16,18,26H2,1,3-5H3/b15-8-. The third-order valence-electron chi connectivity index (χ3n) is 11.2. The van der Waals surface area contributed by atoms with E-state index in [0.717, 1.165) is 37.8 Å². The average Bonchev–Trinajstić information content (AvgIpc) is 3.08. The molecule has 1 aromatic heterocycles. The van der Waals surface area contributed by atoms with Gasteiger partial charge in [-0.15, -0.1) is 6.58 Å². The zero-order valence-electron chi connectivity index (χ0n) is 27.8. The van der Waals surface area contributed by atoms with Gasteiger partial charge >= 0.3 is 0 Å². The highest BCUT2D eigenvalue weighted by Gasteiger charge is 2.44. The van der Waals surface area contributed by atoms with Gasteiger partial charge in [0.1, 0.15) is 0 Å². The van der Waals surface area contributed by atoms with Crippen LogP contribution in [0, 0.1) is 48.3 Å². The first kappa shape index (κ1) is 31.3. The third kappa shape index (κ3) is 6.37. The van der Waals surface area contributed by atoms with Crippen LogP contribution in [-0.2, 0) is 0 Å². The van der Waals surface area contributed by atoms with Gasteiger partial charge < -0.3 is 0 Å². The monoisotopic (exact) mass is 593 g/mol. The number of benzene rings is 1. The molecule has 7 atom stereocenters. The molecule has 1 heteroatoms. The van der Waals surface area contributed by atoms with Crippen LogP contribution in [0.4, 0.5) is 0 Å². The Morgan fingerprint density at radius 1 is 1.00 bits per heavy atom. The van der Waals surface area contributed by atoms with E-state index in [1.54, 1.807) is 5.57 Å². The number of allylic oxidation sites excluding steroid dienone is 15. The lowest BCUT2D eigenvalue weighted by atomic mass is 9.57. The van der Waals surface area contributed by atoms with E-state index in [-0.39, 0.29) is 0 Å². The molecule has 0 spiro atoms. The number of rotatable bonds is 9. The van der Waals surface area contributed by atoms with Crippen LogP contribution in [0.5, 0.6) is 0 Å². The van der Waals surface area contributed by atoms with Crippen LogP contribution in [0.3, 0.4) is 0 Å². The fourth-order valence-corrected chi connectivity index (χ4v) is 8.86. The van der Waals surface area contributed by atoms with Gasteiger partial charge in [-0.05, 0) is 127 Å². The van der Waals surface area contributed by atoms with Crippen molar-refractivity contribution in [1.82, 2.24) is 4.98 Å². The first-order valence-corrected chi connectivity index (χ1v) is 17.5. The van der Waals surface area contributed by atoms with Gasteiger partial charge in [0, 0.05) is 6.20 Å². The molecule has 7 unspecified atom stereocenters. The van der Waals surface area contributed by atoms with E-state index in [0.29, 0.717) is 41.4 Å². The van der Waals surface area contributed by atoms with Crippen molar-refractivity contribution in [2.24, 2.45) is 41.4 Å². The molecular formula is C44H51N. The zero-order chi connectivity index (χ0) is 31.3. The van der Waals surface area contributed by atoms with Gasteiger partial charge in [-0.3, -0.25) is 4.98 Å². The predicted octanol–water partition coefficient (Wildman–Crippen LogP) is 11.7. The van der Waals surface area contributed by atoms with E-state index in [4.69, 9.17) is 0 Å². The molecule has 0 saturated heterocycles. The number of hydrogen-bond donors (Lipinski definition) is 0. The fraction of sp³-hybridized carbons (Fsp3) is 0.386. The minimum atomic E-state index is 0.460. The van der Waals surface area contributed by atoms with Crippen LogP contribution in [0.25, 0.3) is 11.1 Å². The summed E-state index contributed by atoms with van der Waals surface area (Å²) in [6, 6.07) is 15.4. The van der Waals surface area contributed by atoms with E-state index in [1.165, 1.54) is 39.8 Å². The quantitative estimate of drug-likeness (QED) is 0.264. The largest absolute Gasteiger partial charge is 0.256 e. The first-order valence-electron chi connectivity index (χ1n) is 17.5. The Kier molecular flexibility index (Phi) is 9.84. The maximum Gasteiger partial charge on any atom is 0.0698 e. The van der Waals surface area contributed by atoms with Crippen LogP contribution in [0.2, 0.25) is 0 Å². The lowest BCUT2D eigenvalue weighted by Gasteiger charge is -2.47. The van der Waals surface area contributed by atoms with E-state index >= 15 is 0 Å². The van der Waals surface area contributed by atoms with E-state index in [9.17, 15) is 0 Å². The van der Waals surface area contributed by atoms with Gasteiger partial charge in [0.15, 0.2) is 0 Å². The summed E-state index contributed by atoms with van der Waals surface area (Å²) in [4.78, 5) is 4.60. The van der Waals surface area contributed by atoms with Crippen molar-refractivity contribution >= 4 is 11.1 Å². The highest BCUT2D eigenvalue weighted by atomic mass is 14.7. The Morgan fingerprint density at radius 3 is 2.56 bits per heavy atom. The summed E-state index contributed by atoms with van der Waals surface area (Å²) < 4.78 is 0. The maximum atomic E-state index is 4.60. The highest BCUT2D eigenvalue weighted by molar-refractivity contribution is 5.88. The van der Waals surface area contributed by atoms with Crippen molar-refractivity contribution in [2.75, 3.05) is 0 Å². The number of aromatic nitrogens is 1. The molecule has 2 aromatic rings. The van der Waals surface area contributed by atoms with Gasteiger partial charge in [-0.25, -0.2) is 0 Å². The Morgan fingerprint density at radius 2 is 1.84 bits per heavy atom. The molecule has 1 nitrogen and oxygen atoms in total. The Hall–Kier alpha value is -3.71. The van der Waals surface area contributed by atoms with Gasteiger partial charge in [-0.1, -0.05) is 123 Å². The Bertz CT molecular complexity index is 1570. The average molecular weight is 594 g/mol. The second-order valence-electron chi connectivity index (χ2n) is 13.8. The SMILES string of the molecule is C=CCC(C1C=CC(c2ccccn2)=CC1)C1CC=CC(C2C3=C(C=CCC3)C(c3ccc(C)cc3)=C(/C=C\CC)C2C)C1C. The predicted molar refractivity (Wildman–Crippen MR) is 193 cm³/mol. The normalized spacial score (nSPS) is 28.8. The van der Waals surface area contributed by atoms with Gasteiger partial charge in [-0.2, -0.15) is 0 Å². The van der Waals surface area contributed by atoms with Gasteiger partial charge in [0.25, 0.3) is 0 Å². The number of pyridine rings is 1. The molecule has 0 N–H and O–H groups in total. The van der Waals surface area contributed by atoms with Crippen LogP contribution >= 0.6 is 0 Å². The lowest BCUT2D eigenvalue weighted by Crippen LogP contribution is -2.39. The van der Waals surface area contributed by atoms with Crippen molar-refractivity contribution < 1.29 is 0 Å². The second-order valence-corrected chi connectivity index (χ2v) is 13.8. The lowest BCUT2D eigenvalue weighted by molar-refractivity contribution is 0.122. The molecule has 1 aromatic carbocycles. The molecule has 45 heavy (non-hydrogen) atoms. The topological polar surface area (TPSA) is 12.9 Å². The Balaban J connectivity index is 1.33. The molecule has 0 fully saturated rings. The van der Waals surface area contributed by atoms with Crippen molar-refractivity contribution in [3.05, 3.63) is 150 Å². The summed E-state index contributed by atoms with van der Waals surface area (Å²) in [5.74, 6) is 3.85. The molecule has 4 aliphatic rings. The molecule has 232 valence electrons. The molecule has 0 amide bonds. The molecule has 4 aliphatic carbocycles. The first-order chi connectivity index (χ1) is 22.0. The number of hydrogen-bond acceptors (Lipinski definition) is 1. The van der Waals surface area contributed by atoms with E-state index < -0.39 is 0 Å². The smallest absolute Gasteiger partial charge is 0.0698 e. The number of aryl methyl sites for hydroxylation is 1. The summed E-state index contributed by atoms with van der Waals surface area (Å²) in [5.41, 5.74) is 11.2. The summed E-state index contributed by atoms with van der Waals surface area (Å²) in [6.07, 6.45) is 32.8. The summed E-state index contributed by atoms with van der Waals surface area (Å²) >= 11 is 0. The van der Waals surface area contributed by atoms with Crippen molar-refractivity contribution in [2.45, 2.75) is 66.2 Å². The maximum absolute atomic E-state index is 4.60. The van der Waals surface area contributed by atoms with E-state index in [1.807, 2.05) is 12.3 Å². The Labute approximate surface area is 272 Å². The molecule has 1 heterocycles. The van der Waals surface area contributed by atoms with E-state index in [2.05, 4.69) is 136 Å². The highest BCUT2D eigenvalue weighted by Crippen LogP contribution is 2.54. The zero-order valence-corrected chi connectivity index (χ0v) is 27.8. The minimum Gasteiger partial charge on any atom is -0.256 e. The molecule has 6 rings (SSSR count). The molecule has 0 aliphatic heterocycles. The summed E-state index contributed by atoms with van der Waals surface area (Å²) in [6.45, 7) is 13.8. The molecular weight excluding hydrogens is 542 g/mol. The molecule has 0 saturated carbocycles. The molecule has 0 bridgehead atoms. The molecule has 0 radical (unpaired) electrons. The summed E-state index contributed by atoms with van der Waals surface area (Å²) in [7, 11) is 0. The van der Waals surface area contributed by atoms with Gasteiger partial charge in [0.05, 0.1) is 5.69 Å². The van der Waals surface area contributed by atoms with Gasteiger partial charge in [0.2, 0.25) is 0 Å².